The largest absolute Gasteiger partial charge is 0.493 e. The molecular weight excluding hydrogens is 160 g/mol. The lowest BCUT2D eigenvalue weighted by atomic mass is 9.75. The monoisotopic (exact) mass is 176 g/mol. The lowest BCUT2D eigenvalue weighted by Gasteiger charge is -2.33. The van der Waals surface area contributed by atoms with Crippen molar-refractivity contribution in [3.8, 4) is 5.75 Å². The fourth-order valence-corrected chi connectivity index (χ4v) is 1.70. The Balaban J connectivity index is 1.80. The van der Waals surface area contributed by atoms with Crippen LogP contribution in [0.15, 0.2) is 30.3 Å². The van der Waals surface area contributed by atoms with Gasteiger partial charge in [-0.1, -0.05) is 25.1 Å². The number of ether oxygens (including phenoxy) is 1. The van der Waals surface area contributed by atoms with Gasteiger partial charge in [0.25, 0.3) is 0 Å². The van der Waals surface area contributed by atoms with E-state index in [-0.39, 0.29) is 0 Å². The highest BCUT2D eigenvalue weighted by Gasteiger charge is 2.26. The molecule has 13 heavy (non-hydrogen) atoms. The fraction of sp³-hybridized carbons (Fsp3) is 0.500. The molecule has 70 valence electrons. The molecule has 1 aliphatic carbocycles. The molecule has 0 unspecified atom stereocenters. The Morgan fingerprint density at radius 1 is 1.23 bits per heavy atom. The van der Waals surface area contributed by atoms with Crippen molar-refractivity contribution in [1.82, 2.24) is 0 Å². The molecule has 1 nitrogen and oxygen atoms in total. The van der Waals surface area contributed by atoms with Crippen LogP contribution in [0.25, 0.3) is 0 Å². The maximum atomic E-state index is 5.68. The third kappa shape index (κ3) is 2.03. The van der Waals surface area contributed by atoms with Crippen LogP contribution in [0.1, 0.15) is 19.8 Å². The summed E-state index contributed by atoms with van der Waals surface area (Å²) in [4.78, 5) is 0. The SMILES string of the molecule is C[C@H]1CC[C@H]1COc1ccccc1. The zero-order chi connectivity index (χ0) is 9.10. The van der Waals surface area contributed by atoms with Gasteiger partial charge in [-0.05, 0) is 36.8 Å². The van der Waals surface area contributed by atoms with Crippen LogP contribution in [-0.4, -0.2) is 6.61 Å². The van der Waals surface area contributed by atoms with Gasteiger partial charge in [0.2, 0.25) is 0 Å². The van der Waals surface area contributed by atoms with Crippen LogP contribution in [0.5, 0.6) is 5.75 Å². The molecule has 0 heterocycles. The minimum absolute atomic E-state index is 0.792. The Morgan fingerprint density at radius 2 is 2.00 bits per heavy atom. The highest BCUT2D eigenvalue weighted by molar-refractivity contribution is 5.20. The van der Waals surface area contributed by atoms with E-state index in [4.69, 9.17) is 4.74 Å². The minimum atomic E-state index is 0.792. The van der Waals surface area contributed by atoms with Crippen LogP contribution in [-0.2, 0) is 0 Å². The quantitative estimate of drug-likeness (QED) is 0.687. The van der Waals surface area contributed by atoms with Gasteiger partial charge in [0.15, 0.2) is 0 Å². The summed E-state index contributed by atoms with van der Waals surface area (Å²) in [5, 5.41) is 0. The van der Waals surface area contributed by atoms with Gasteiger partial charge in [0.1, 0.15) is 5.75 Å². The first-order valence-electron chi connectivity index (χ1n) is 5.04. The number of hydrogen-bond acceptors (Lipinski definition) is 1. The maximum absolute atomic E-state index is 5.68. The van der Waals surface area contributed by atoms with Gasteiger partial charge < -0.3 is 4.74 Å². The molecule has 0 aliphatic heterocycles. The van der Waals surface area contributed by atoms with Crippen LogP contribution < -0.4 is 4.74 Å². The summed E-state index contributed by atoms with van der Waals surface area (Å²) in [6.07, 6.45) is 2.72. The summed E-state index contributed by atoms with van der Waals surface area (Å²) in [5.74, 6) is 2.66. The first-order valence-corrected chi connectivity index (χ1v) is 5.04. The molecule has 0 radical (unpaired) electrons. The molecule has 2 rings (SSSR count). The zero-order valence-electron chi connectivity index (χ0n) is 8.07. The minimum Gasteiger partial charge on any atom is -0.493 e. The normalized spacial score (nSPS) is 26.5. The molecule has 1 fully saturated rings. The average Bonchev–Trinajstić information content (AvgIpc) is 2.17. The van der Waals surface area contributed by atoms with Crippen molar-refractivity contribution in [3.05, 3.63) is 30.3 Å². The first kappa shape index (κ1) is 8.61. The summed E-state index contributed by atoms with van der Waals surface area (Å²) < 4.78 is 5.68. The van der Waals surface area contributed by atoms with E-state index in [0.717, 1.165) is 24.2 Å². The van der Waals surface area contributed by atoms with E-state index in [9.17, 15) is 0 Å². The fourth-order valence-electron chi connectivity index (χ4n) is 1.70. The topological polar surface area (TPSA) is 9.23 Å². The standard InChI is InChI=1S/C12H16O/c1-10-7-8-11(10)9-13-12-5-3-2-4-6-12/h2-6,10-11H,7-9H2,1H3/t10-,11-/m0/s1. The molecule has 0 N–H and O–H groups in total. The second-order valence-electron chi connectivity index (χ2n) is 3.94. The van der Waals surface area contributed by atoms with Gasteiger partial charge in [-0.2, -0.15) is 0 Å². The number of para-hydroxylation sites is 1. The maximum Gasteiger partial charge on any atom is 0.119 e. The van der Waals surface area contributed by atoms with Gasteiger partial charge in [0, 0.05) is 0 Å². The molecule has 0 amide bonds. The summed E-state index contributed by atoms with van der Waals surface area (Å²) in [6.45, 7) is 3.20. The third-order valence-corrected chi connectivity index (χ3v) is 3.00. The van der Waals surface area contributed by atoms with Crippen LogP contribution in [0, 0.1) is 11.8 Å². The van der Waals surface area contributed by atoms with Crippen LogP contribution in [0.4, 0.5) is 0 Å². The summed E-state index contributed by atoms with van der Waals surface area (Å²) in [5.41, 5.74) is 0. The molecule has 0 aromatic heterocycles. The molecule has 0 bridgehead atoms. The second kappa shape index (κ2) is 3.82. The third-order valence-electron chi connectivity index (χ3n) is 3.00. The zero-order valence-corrected chi connectivity index (χ0v) is 8.07. The predicted molar refractivity (Wildman–Crippen MR) is 53.8 cm³/mol. The van der Waals surface area contributed by atoms with E-state index in [0.29, 0.717) is 0 Å². The number of benzene rings is 1. The summed E-state index contributed by atoms with van der Waals surface area (Å²) in [7, 11) is 0. The van der Waals surface area contributed by atoms with Crippen LogP contribution in [0.2, 0.25) is 0 Å². The highest BCUT2D eigenvalue weighted by atomic mass is 16.5. The van der Waals surface area contributed by atoms with Gasteiger partial charge in [-0.3, -0.25) is 0 Å². The molecule has 1 aromatic rings. The Hall–Kier alpha value is -0.980. The van der Waals surface area contributed by atoms with E-state index in [2.05, 4.69) is 6.92 Å². The van der Waals surface area contributed by atoms with Gasteiger partial charge in [-0.25, -0.2) is 0 Å². The second-order valence-corrected chi connectivity index (χ2v) is 3.94. The van der Waals surface area contributed by atoms with Gasteiger partial charge >= 0.3 is 0 Å². The lowest BCUT2D eigenvalue weighted by molar-refractivity contribution is 0.116. The van der Waals surface area contributed by atoms with E-state index in [1.165, 1.54) is 12.8 Å². The molecule has 0 spiro atoms. The Morgan fingerprint density at radius 3 is 2.54 bits per heavy atom. The summed E-state index contributed by atoms with van der Waals surface area (Å²) >= 11 is 0. The molecule has 2 atom stereocenters. The highest BCUT2D eigenvalue weighted by Crippen LogP contribution is 2.33. The molecule has 1 saturated carbocycles. The predicted octanol–water partition coefficient (Wildman–Crippen LogP) is 3.11. The molecule has 1 heteroatoms. The molecular formula is C12H16O. The lowest BCUT2D eigenvalue weighted by Crippen LogP contribution is -2.28. The van der Waals surface area contributed by atoms with Gasteiger partial charge in [-0.15, -0.1) is 0 Å². The first-order chi connectivity index (χ1) is 6.36. The smallest absolute Gasteiger partial charge is 0.119 e. The number of rotatable bonds is 3. The van der Waals surface area contributed by atoms with E-state index < -0.39 is 0 Å². The average molecular weight is 176 g/mol. The van der Waals surface area contributed by atoms with Crippen LogP contribution >= 0.6 is 0 Å². The van der Waals surface area contributed by atoms with Crippen molar-refractivity contribution in [3.63, 3.8) is 0 Å². The number of hydrogen-bond donors (Lipinski definition) is 0. The van der Waals surface area contributed by atoms with Gasteiger partial charge in [0.05, 0.1) is 6.61 Å². The van der Waals surface area contributed by atoms with Crippen molar-refractivity contribution in [2.45, 2.75) is 19.8 Å². The van der Waals surface area contributed by atoms with Crippen molar-refractivity contribution in [2.75, 3.05) is 6.61 Å². The Kier molecular flexibility index (Phi) is 2.53. The van der Waals surface area contributed by atoms with E-state index >= 15 is 0 Å². The van der Waals surface area contributed by atoms with Crippen molar-refractivity contribution in [1.29, 1.82) is 0 Å². The van der Waals surface area contributed by atoms with E-state index in [1.54, 1.807) is 0 Å². The van der Waals surface area contributed by atoms with Crippen LogP contribution in [0.3, 0.4) is 0 Å². The van der Waals surface area contributed by atoms with Crippen molar-refractivity contribution >= 4 is 0 Å². The van der Waals surface area contributed by atoms with Crippen molar-refractivity contribution in [2.24, 2.45) is 11.8 Å². The van der Waals surface area contributed by atoms with Crippen molar-refractivity contribution < 1.29 is 4.74 Å². The molecule has 1 aliphatic rings. The Labute approximate surface area is 79.7 Å². The summed E-state index contributed by atoms with van der Waals surface area (Å²) in [6, 6.07) is 10.1. The molecule has 0 saturated heterocycles. The molecule has 1 aromatic carbocycles. The Bertz CT molecular complexity index is 255. The van der Waals surface area contributed by atoms with E-state index in [1.807, 2.05) is 30.3 Å².